The topological polar surface area (TPSA) is 92.3 Å². The van der Waals surface area contributed by atoms with Gasteiger partial charge in [-0.25, -0.2) is 13.8 Å². The van der Waals surface area contributed by atoms with Crippen LogP contribution in [0.1, 0.15) is 22.5 Å². The summed E-state index contributed by atoms with van der Waals surface area (Å²) >= 11 is 0. The van der Waals surface area contributed by atoms with Crippen LogP contribution in [0, 0.1) is 17.6 Å². The Kier molecular flexibility index (Phi) is 6.53. The molecule has 8 heteroatoms. The van der Waals surface area contributed by atoms with Gasteiger partial charge in [-0.3, -0.25) is 9.78 Å². The summed E-state index contributed by atoms with van der Waals surface area (Å²) in [7, 11) is 0. The molecule has 2 unspecified atom stereocenters. The Labute approximate surface area is 184 Å². The predicted molar refractivity (Wildman–Crippen MR) is 117 cm³/mol. The molecule has 1 aromatic carbocycles. The molecule has 0 amide bonds. The van der Waals surface area contributed by atoms with Crippen LogP contribution in [-0.4, -0.2) is 46.6 Å². The average Bonchev–Trinajstić information content (AvgIpc) is 2.80. The SMILES string of the molecule is NC1CC(CO)CN(c2ccncc2CC(=O)c2ccc(F)c(-c3ccccc3F)n2)C1. The van der Waals surface area contributed by atoms with Gasteiger partial charge in [-0.1, -0.05) is 12.1 Å². The van der Waals surface area contributed by atoms with Crippen molar-refractivity contribution in [2.45, 2.75) is 18.9 Å². The monoisotopic (exact) mass is 438 g/mol. The van der Waals surface area contributed by atoms with Crippen LogP contribution in [0.2, 0.25) is 0 Å². The number of ketones is 1. The lowest BCUT2D eigenvalue weighted by Gasteiger charge is -2.38. The molecule has 3 heterocycles. The third-order valence-electron chi connectivity index (χ3n) is 5.66. The number of rotatable bonds is 6. The molecular weight excluding hydrogens is 414 g/mol. The van der Waals surface area contributed by atoms with Crippen molar-refractivity contribution in [2.24, 2.45) is 11.7 Å². The van der Waals surface area contributed by atoms with Crippen LogP contribution in [0.25, 0.3) is 11.3 Å². The Balaban J connectivity index is 1.61. The van der Waals surface area contributed by atoms with Crippen molar-refractivity contribution in [3.63, 3.8) is 0 Å². The summed E-state index contributed by atoms with van der Waals surface area (Å²) in [5, 5.41) is 9.58. The Morgan fingerprint density at radius 2 is 1.94 bits per heavy atom. The largest absolute Gasteiger partial charge is 0.396 e. The van der Waals surface area contributed by atoms with E-state index in [2.05, 4.69) is 14.9 Å². The maximum Gasteiger partial charge on any atom is 0.185 e. The average molecular weight is 438 g/mol. The van der Waals surface area contributed by atoms with Gasteiger partial charge in [0.1, 0.15) is 23.0 Å². The summed E-state index contributed by atoms with van der Waals surface area (Å²) in [5.41, 5.74) is 7.50. The van der Waals surface area contributed by atoms with Gasteiger partial charge in [0.25, 0.3) is 0 Å². The van der Waals surface area contributed by atoms with Crippen molar-refractivity contribution >= 4 is 11.5 Å². The lowest BCUT2D eigenvalue weighted by Crippen LogP contribution is -2.48. The van der Waals surface area contributed by atoms with Crippen LogP contribution in [0.3, 0.4) is 0 Å². The number of Topliss-reactive ketones (excluding diaryl/α,β-unsaturated/α-hetero) is 1. The number of hydrogen-bond acceptors (Lipinski definition) is 6. The van der Waals surface area contributed by atoms with Crippen molar-refractivity contribution in [3.8, 4) is 11.3 Å². The third kappa shape index (κ3) is 4.66. The Morgan fingerprint density at radius 1 is 1.12 bits per heavy atom. The van der Waals surface area contributed by atoms with Crippen molar-refractivity contribution in [3.05, 3.63) is 77.8 Å². The molecule has 6 nitrogen and oxygen atoms in total. The van der Waals surface area contributed by atoms with Gasteiger partial charge in [0, 0.05) is 67.3 Å². The van der Waals surface area contributed by atoms with Gasteiger partial charge in [0.05, 0.1) is 0 Å². The minimum Gasteiger partial charge on any atom is -0.396 e. The quantitative estimate of drug-likeness (QED) is 0.575. The van der Waals surface area contributed by atoms with Gasteiger partial charge in [-0.15, -0.1) is 0 Å². The number of piperidine rings is 1. The van der Waals surface area contributed by atoms with E-state index in [0.29, 0.717) is 18.7 Å². The predicted octanol–water partition coefficient (Wildman–Crippen LogP) is 2.99. The van der Waals surface area contributed by atoms with E-state index in [0.717, 1.165) is 18.2 Å². The first-order chi connectivity index (χ1) is 15.5. The van der Waals surface area contributed by atoms with Crippen molar-refractivity contribution in [1.82, 2.24) is 9.97 Å². The second-order valence-corrected chi connectivity index (χ2v) is 8.06. The summed E-state index contributed by atoms with van der Waals surface area (Å²) in [6, 6.07) is 9.89. The fraction of sp³-hybridized carbons (Fsp3) is 0.292. The number of halogens is 2. The molecular formula is C24H24F2N4O2. The number of nitrogens with two attached hydrogens (primary N) is 1. The molecule has 0 spiro atoms. The van der Waals surface area contributed by atoms with E-state index in [1.54, 1.807) is 18.5 Å². The first-order valence-electron chi connectivity index (χ1n) is 10.4. The van der Waals surface area contributed by atoms with E-state index >= 15 is 0 Å². The molecule has 166 valence electrons. The standard InChI is InChI=1S/C24H24F2N4O2/c25-19-4-2-1-3-18(19)24-20(26)5-6-21(29-24)23(32)10-16-11-28-8-7-22(16)30-12-15(14-31)9-17(27)13-30/h1-8,11,15,17,31H,9-10,12-14,27H2. The zero-order valence-corrected chi connectivity index (χ0v) is 17.4. The van der Waals surface area contributed by atoms with Crippen LogP contribution in [0.5, 0.6) is 0 Å². The van der Waals surface area contributed by atoms with Crippen LogP contribution < -0.4 is 10.6 Å². The smallest absolute Gasteiger partial charge is 0.185 e. The molecule has 1 aliphatic rings. The lowest BCUT2D eigenvalue weighted by molar-refractivity contribution is 0.0988. The van der Waals surface area contributed by atoms with E-state index < -0.39 is 11.6 Å². The maximum atomic E-state index is 14.4. The summed E-state index contributed by atoms with van der Waals surface area (Å²) in [5.74, 6) is -1.60. The van der Waals surface area contributed by atoms with Crippen molar-refractivity contribution < 1.29 is 18.7 Å². The number of benzene rings is 1. The molecule has 2 aromatic heterocycles. The van der Waals surface area contributed by atoms with E-state index in [9.17, 15) is 18.7 Å². The highest BCUT2D eigenvalue weighted by Crippen LogP contribution is 2.28. The van der Waals surface area contributed by atoms with Crippen LogP contribution in [0.15, 0.2) is 54.9 Å². The van der Waals surface area contributed by atoms with Gasteiger partial charge in [0.2, 0.25) is 0 Å². The molecule has 3 N–H and O–H groups in total. The Hall–Kier alpha value is -3.23. The molecule has 4 rings (SSSR count). The number of aliphatic hydroxyl groups excluding tert-OH is 1. The Morgan fingerprint density at radius 3 is 2.72 bits per heavy atom. The molecule has 3 aromatic rings. The van der Waals surface area contributed by atoms with Gasteiger partial charge < -0.3 is 15.7 Å². The number of aromatic nitrogens is 2. The summed E-state index contributed by atoms with van der Waals surface area (Å²) in [6.07, 6.45) is 3.99. The van der Waals surface area contributed by atoms with Gasteiger partial charge >= 0.3 is 0 Å². The zero-order chi connectivity index (χ0) is 22.7. The maximum absolute atomic E-state index is 14.4. The van der Waals surface area contributed by atoms with E-state index in [1.165, 1.54) is 24.3 Å². The molecule has 0 bridgehead atoms. The summed E-state index contributed by atoms with van der Waals surface area (Å²) in [4.78, 5) is 23.4. The van der Waals surface area contributed by atoms with E-state index in [-0.39, 0.29) is 47.7 Å². The molecule has 1 aliphatic heterocycles. The minimum absolute atomic E-state index is 0.000864. The third-order valence-corrected chi connectivity index (χ3v) is 5.66. The van der Waals surface area contributed by atoms with E-state index in [4.69, 9.17) is 5.73 Å². The number of anilines is 1. The number of carbonyl (C=O) groups is 1. The molecule has 0 aliphatic carbocycles. The zero-order valence-electron chi connectivity index (χ0n) is 17.4. The highest BCUT2D eigenvalue weighted by atomic mass is 19.1. The highest BCUT2D eigenvalue weighted by Gasteiger charge is 2.27. The molecule has 1 saturated heterocycles. The molecule has 0 saturated carbocycles. The first-order valence-corrected chi connectivity index (χ1v) is 10.4. The molecule has 1 fully saturated rings. The second-order valence-electron chi connectivity index (χ2n) is 8.06. The normalized spacial score (nSPS) is 18.6. The fourth-order valence-corrected chi connectivity index (χ4v) is 4.14. The van der Waals surface area contributed by atoms with Crippen LogP contribution in [-0.2, 0) is 6.42 Å². The number of carbonyl (C=O) groups excluding carboxylic acids is 1. The number of hydrogen-bond donors (Lipinski definition) is 2. The molecule has 0 radical (unpaired) electrons. The number of aliphatic hydroxyl groups is 1. The van der Waals surface area contributed by atoms with Crippen molar-refractivity contribution in [1.29, 1.82) is 0 Å². The van der Waals surface area contributed by atoms with Gasteiger partial charge in [-0.2, -0.15) is 0 Å². The lowest BCUT2D eigenvalue weighted by atomic mass is 9.94. The molecule has 2 atom stereocenters. The van der Waals surface area contributed by atoms with Crippen molar-refractivity contribution in [2.75, 3.05) is 24.6 Å². The summed E-state index contributed by atoms with van der Waals surface area (Å²) in [6.45, 7) is 1.28. The molecule has 32 heavy (non-hydrogen) atoms. The van der Waals surface area contributed by atoms with E-state index in [1.807, 2.05) is 6.07 Å². The summed E-state index contributed by atoms with van der Waals surface area (Å²) < 4.78 is 28.5. The first kappa shape index (κ1) is 22.0. The fourth-order valence-electron chi connectivity index (χ4n) is 4.14. The number of pyridine rings is 2. The van der Waals surface area contributed by atoms with Gasteiger partial charge in [0.15, 0.2) is 5.78 Å². The van der Waals surface area contributed by atoms with Crippen LogP contribution >= 0.6 is 0 Å². The van der Waals surface area contributed by atoms with Gasteiger partial charge in [-0.05, 0) is 36.8 Å². The highest BCUT2D eigenvalue weighted by molar-refractivity contribution is 5.97. The second kappa shape index (κ2) is 9.50. The minimum atomic E-state index is -0.703. The number of nitrogens with zero attached hydrogens (tertiary/aromatic N) is 3. The Bertz CT molecular complexity index is 1120. The van der Waals surface area contributed by atoms with Crippen LogP contribution in [0.4, 0.5) is 14.5 Å².